The summed E-state index contributed by atoms with van der Waals surface area (Å²) in [5.74, 6) is -0.763. The molecule has 1 heterocycles. The van der Waals surface area contributed by atoms with Crippen molar-refractivity contribution in [1.29, 1.82) is 0 Å². The quantitative estimate of drug-likeness (QED) is 0.845. The van der Waals surface area contributed by atoms with E-state index in [4.69, 9.17) is 4.74 Å². The van der Waals surface area contributed by atoms with Crippen LogP contribution in [0.15, 0.2) is 30.3 Å². The predicted octanol–water partition coefficient (Wildman–Crippen LogP) is 4.32. The van der Waals surface area contributed by atoms with Crippen molar-refractivity contribution in [3.05, 3.63) is 40.8 Å². The number of carboxylic acids is 1. The largest absolute Gasteiger partial charge is 0.544 e. The number of thiophene rings is 1. The van der Waals surface area contributed by atoms with Crippen molar-refractivity contribution >= 4 is 29.1 Å². The maximum Gasteiger partial charge on any atom is 0.412 e. The van der Waals surface area contributed by atoms with Crippen LogP contribution < -0.4 is 10.4 Å². The van der Waals surface area contributed by atoms with Crippen LogP contribution in [0.3, 0.4) is 0 Å². The second kappa shape index (κ2) is 7.91. The van der Waals surface area contributed by atoms with Crippen molar-refractivity contribution in [2.75, 3.05) is 5.32 Å². The standard InChI is InChI=1S/C20H25NO4S/c1-12(2)10-13-6-8-14(9-7-13)16-11-15(17(26-16)18(22)23)21-19(24)25-20(3,4)5/h6-9,11-12H,10H2,1-5H3,(H,21,24)(H,22,23)/p-1. The molecule has 0 radical (unpaired) electrons. The minimum atomic E-state index is -1.33. The zero-order chi connectivity index (χ0) is 19.5. The van der Waals surface area contributed by atoms with E-state index >= 15 is 0 Å². The number of aromatic carboxylic acids is 1. The highest BCUT2D eigenvalue weighted by Gasteiger charge is 2.19. The smallest absolute Gasteiger partial charge is 0.412 e. The molecule has 26 heavy (non-hydrogen) atoms. The van der Waals surface area contributed by atoms with Gasteiger partial charge in [-0.25, -0.2) is 4.79 Å². The number of carbonyl (C=O) groups is 2. The topological polar surface area (TPSA) is 78.5 Å². The highest BCUT2D eigenvalue weighted by molar-refractivity contribution is 7.18. The summed E-state index contributed by atoms with van der Waals surface area (Å²) in [5, 5.41) is 13.9. The third-order valence-electron chi connectivity index (χ3n) is 3.44. The lowest BCUT2D eigenvalue weighted by Gasteiger charge is -2.19. The lowest BCUT2D eigenvalue weighted by atomic mass is 10.0. The first-order valence-corrected chi connectivity index (χ1v) is 9.31. The third-order valence-corrected chi connectivity index (χ3v) is 4.60. The van der Waals surface area contributed by atoms with Gasteiger partial charge in [0, 0.05) is 4.88 Å². The summed E-state index contributed by atoms with van der Waals surface area (Å²) < 4.78 is 5.19. The van der Waals surface area contributed by atoms with Gasteiger partial charge in [0.15, 0.2) is 0 Å². The minimum absolute atomic E-state index is 0.0304. The first kappa shape index (κ1) is 20.0. The van der Waals surface area contributed by atoms with Crippen LogP contribution in [0.25, 0.3) is 10.4 Å². The zero-order valence-electron chi connectivity index (χ0n) is 15.7. The summed E-state index contributed by atoms with van der Waals surface area (Å²) in [7, 11) is 0. The van der Waals surface area contributed by atoms with Gasteiger partial charge < -0.3 is 14.6 Å². The molecule has 140 valence electrons. The Morgan fingerprint density at radius 1 is 1.19 bits per heavy atom. The van der Waals surface area contributed by atoms with Gasteiger partial charge in [-0.05, 0) is 50.3 Å². The summed E-state index contributed by atoms with van der Waals surface area (Å²) >= 11 is 1.07. The number of rotatable bonds is 5. The van der Waals surface area contributed by atoms with Gasteiger partial charge in [-0.1, -0.05) is 38.1 Å². The number of anilines is 1. The fraction of sp³-hybridized carbons (Fsp3) is 0.400. The van der Waals surface area contributed by atoms with Crippen molar-refractivity contribution in [2.24, 2.45) is 5.92 Å². The van der Waals surface area contributed by atoms with Gasteiger partial charge in [-0.3, -0.25) is 5.32 Å². The number of benzene rings is 1. The molecule has 5 nitrogen and oxygen atoms in total. The van der Waals surface area contributed by atoms with Gasteiger partial charge >= 0.3 is 6.09 Å². The van der Waals surface area contributed by atoms with Crippen LogP contribution in [0.2, 0.25) is 0 Å². The number of nitrogens with one attached hydrogen (secondary N) is 1. The fourth-order valence-corrected chi connectivity index (χ4v) is 3.42. The molecule has 1 aromatic carbocycles. The molecule has 1 amide bonds. The van der Waals surface area contributed by atoms with Crippen LogP contribution in [0, 0.1) is 5.92 Å². The number of carbonyl (C=O) groups excluding carboxylic acids is 2. The first-order valence-electron chi connectivity index (χ1n) is 8.49. The van der Waals surface area contributed by atoms with Crippen LogP contribution in [0.1, 0.15) is 49.9 Å². The number of hydrogen-bond donors (Lipinski definition) is 1. The summed E-state index contributed by atoms with van der Waals surface area (Å²) in [4.78, 5) is 24.1. The van der Waals surface area contributed by atoms with E-state index in [1.165, 1.54) is 5.56 Å². The Balaban J connectivity index is 2.25. The summed E-state index contributed by atoms with van der Waals surface area (Å²) in [5.41, 5.74) is 1.64. The van der Waals surface area contributed by atoms with Gasteiger partial charge in [-0.2, -0.15) is 0 Å². The second-order valence-corrected chi connectivity index (χ2v) is 8.61. The van der Waals surface area contributed by atoms with Crippen molar-refractivity contribution in [3.63, 3.8) is 0 Å². The maximum atomic E-state index is 12.0. The molecule has 2 aromatic rings. The minimum Gasteiger partial charge on any atom is -0.544 e. The lowest BCUT2D eigenvalue weighted by Crippen LogP contribution is -2.28. The molecule has 0 unspecified atom stereocenters. The average molecular weight is 374 g/mol. The highest BCUT2D eigenvalue weighted by atomic mass is 32.1. The summed E-state index contributed by atoms with van der Waals surface area (Å²) in [6.45, 7) is 9.54. The molecule has 0 saturated carbocycles. The van der Waals surface area contributed by atoms with Gasteiger partial charge in [0.05, 0.1) is 16.5 Å². The van der Waals surface area contributed by atoms with E-state index < -0.39 is 17.7 Å². The van der Waals surface area contributed by atoms with Crippen molar-refractivity contribution in [3.8, 4) is 10.4 Å². The normalized spacial score (nSPS) is 11.5. The van der Waals surface area contributed by atoms with Crippen molar-refractivity contribution in [2.45, 2.75) is 46.6 Å². The van der Waals surface area contributed by atoms with Crippen LogP contribution in [0.4, 0.5) is 10.5 Å². The molecule has 0 bridgehead atoms. The first-order chi connectivity index (χ1) is 12.0. The van der Waals surface area contributed by atoms with Gasteiger partial charge in [0.2, 0.25) is 0 Å². The van der Waals surface area contributed by atoms with Crippen molar-refractivity contribution < 1.29 is 19.4 Å². The Hall–Kier alpha value is -2.34. The Morgan fingerprint density at radius 2 is 1.81 bits per heavy atom. The molecular formula is C20H24NO4S-. The number of amides is 1. The monoisotopic (exact) mass is 374 g/mol. The fourth-order valence-electron chi connectivity index (χ4n) is 2.47. The van der Waals surface area contributed by atoms with E-state index in [-0.39, 0.29) is 10.6 Å². The molecule has 1 N–H and O–H groups in total. The molecular weight excluding hydrogens is 350 g/mol. The Morgan fingerprint density at radius 3 is 2.31 bits per heavy atom. The molecule has 0 fully saturated rings. The molecule has 0 aliphatic carbocycles. The lowest BCUT2D eigenvalue weighted by molar-refractivity contribution is -0.254. The molecule has 0 aliphatic rings. The van der Waals surface area contributed by atoms with E-state index in [0.717, 1.165) is 28.2 Å². The zero-order valence-corrected chi connectivity index (χ0v) is 16.5. The molecule has 0 atom stereocenters. The highest BCUT2D eigenvalue weighted by Crippen LogP contribution is 2.35. The predicted molar refractivity (Wildman–Crippen MR) is 102 cm³/mol. The van der Waals surface area contributed by atoms with Crippen LogP contribution in [-0.4, -0.2) is 17.7 Å². The summed E-state index contributed by atoms with van der Waals surface area (Å²) in [6.07, 6.45) is 0.289. The van der Waals surface area contributed by atoms with E-state index in [1.807, 2.05) is 24.3 Å². The summed E-state index contributed by atoms with van der Waals surface area (Å²) in [6, 6.07) is 9.63. The Kier molecular flexibility index (Phi) is 6.08. The van der Waals surface area contributed by atoms with E-state index in [9.17, 15) is 14.7 Å². The SMILES string of the molecule is CC(C)Cc1ccc(-c2cc(NC(=O)OC(C)(C)C)c(C(=O)[O-])s2)cc1. The van der Waals surface area contributed by atoms with Crippen LogP contribution >= 0.6 is 11.3 Å². The maximum absolute atomic E-state index is 12.0. The third kappa shape index (κ3) is 5.59. The number of hydrogen-bond acceptors (Lipinski definition) is 5. The Bertz CT molecular complexity index is 785. The molecule has 6 heteroatoms. The number of ether oxygens (including phenoxy) is 1. The van der Waals surface area contributed by atoms with Crippen molar-refractivity contribution in [1.82, 2.24) is 0 Å². The molecule has 0 spiro atoms. The second-order valence-electron chi connectivity index (χ2n) is 7.56. The molecule has 1 aromatic heterocycles. The molecule has 0 saturated heterocycles. The number of carboxylic acid groups (broad SMARTS) is 1. The average Bonchev–Trinajstić information content (AvgIpc) is 2.89. The molecule has 0 aliphatic heterocycles. The van der Waals surface area contributed by atoms with E-state index in [2.05, 4.69) is 19.2 Å². The van der Waals surface area contributed by atoms with Gasteiger partial charge in [0.1, 0.15) is 5.60 Å². The van der Waals surface area contributed by atoms with Gasteiger partial charge in [-0.15, -0.1) is 11.3 Å². The van der Waals surface area contributed by atoms with E-state index in [0.29, 0.717) is 5.92 Å². The Labute approximate surface area is 158 Å². The van der Waals surface area contributed by atoms with Crippen LogP contribution in [0.5, 0.6) is 0 Å². The van der Waals surface area contributed by atoms with E-state index in [1.54, 1.807) is 26.8 Å². The van der Waals surface area contributed by atoms with Gasteiger partial charge in [0.25, 0.3) is 0 Å². The molecule has 2 rings (SSSR count). The van der Waals surface area contributed by atoms with Crippen LogP contribution in [-0.2, 0) is 11.2 Å².